The molecule has 7 nitrogen and oxygen atoms in total. The molecule has 0 amide bonds. The third-order valence-corrected chi connectivity index (χ3v) is 6.18. The smallest absolute Gasteiger partial charge is 0.302 e. The Bertz CT molecular complexity index is 1260. The van der Waals surface area contributed by atoms with E-state index in [1.807, 2.05) is 56.3 Å². The maximum Gasteiger partial charge on any atom is 0.302 e. The Kier molecular flexibility index (Phi) is 6.22. The Labute approximate surface area is 193 Å². The number of rotatable bonds is 6. The van der Waals surface area contributed by atoms with E-state index < -0.39 is 6.10 Å². The highest BCUT2D eigenvalue weighted by Gasteiger charge is 2.35. The average molecular weight is 448 g/mol. The van der Waals surface area contributed by atoms with Crippen molar-refractivity contribution in [2.75, 3.05) is 12.4 Å². The van der Waals surface area contributed by atoms with Gasteiger partial charge in [-0.15, -0.1) is 0 Å². The molecule has 0 bridgehead atoms. The average Bonchev–Trinajstić information content (AvgIpc) is 3.13. The summed E-state index contributed by atoms with van der Waals surface area (Å²) in [6, 6.07) is 13.4. The first kappa shape index (κ1) is 22.6. The van der Waals surface area contributed by atoms with Crippen molar-refractivity contribution in [1.29, 1.82) is 0 Å². The molecule has 0 fully saturated rings. The lowest BCUT2D eigenvalue weighted by Gasteiger charge is -2.24. The Morgan fingerprint density at radius 3 is 2.67 bits per heavy atom. The van der Waals surface area contributed by atoms with Crippen molar-refractivity contribution in [3.8, 4) is 17.1 Å². The summed E-state index contributed by atoms with van der Waals surface area (Å²) >= 11 is 0. The van der Waals surface area contributed by atoms with Crippen molar-refractivity contribution in [2.45, 2.75) is 45.8 Å². The number of methoxy groups -OCH3 is 1. The van der Waals surface area contributed by atoms with Crippen molar-refractivity contribution in [2.24, 2.45) is 7.05 Å². The number of anilines is 1. The zero-order chi connectivity index (χ0) is 23.7. The number of fused-ring (bicyclic) bond motifs is 1. The van der Waals surface area contributed by atoms with Crippen molar-refractivity contribution >= 4 is 11.7 Å². The van der Waals surface area contributed by atoms with Crippen molar-refractivity contribution in [1.82, 2.24) is 9.55 Å². The molecule has 1 aliphatic rings. The number of carbonyl (C=O) groups excluding carboxylic acids is 1. The molecule has 1 aromatic heterocycles. The SMILES string of the molecule is CCc1nc(-c2ccc(OC)cc2C)n(C)c(=O)c1NC1c2ccccc2CC1OC(C)=O. The normalized spacial score (nSPS) is 16.9. The molecule has 2 atom stereocenters. The maximum atomic E-state index is 13.5. The minimum absolute atomic E-state index is 0.168. The monoisotopic (exact) mass is 447 g/mol. The summed E-state index contributed by atoms with van der Waals surface area (Å²) in [5, 5.41) is 3.40. The number of carbonyl (C=O) groups is 1. The van der Waals surface area contributed by atoms with Crippen LogP contribution in [0.1, 0.15) is 42.3 Å². The highest BCUT2D eigenvalue weighted by Crippen LogP contribution is 2.36. The van der Waals surface area contributed by atoms with Crippen LogP contribution in [0.5, 0.6) is 5.75 Å². The second-order valence-corrected chi connectivity index (χ2v) is 8.33. The summed E-state index contributed by atoms with van der Waals surface area (Å²) in [5.41, 5.74) is 4.93. The maximum absolute atomic E-state index is 13.5. The molecule has 33 heavy (non-hydrogen) atoms. The second kappa shape index (κ2) is 9.10. The van der Waals surface area contributed by atoms with E-state index in [9.17, 15) is 9.59 Å². The summed E-state index contributed by atoms with van der Waals surface area (Å²) in [6.45, 7) is 5.36. The fourth-order valence-corrected chi connectivity index (χ4v) is 4.51. The van der Waals surface area contributed by atoms with Crippen molar-refractivity contribution < 1.29 is 14.3 Å². The van der Waals surface area contributed by atoms with Gasteiger partial charge in [0.1, 0.15) is 23.4 Å². The molecule has 7 heteroatoms. The third-order valence-electron chi connectivity index (χ3n) is 6.18. The first-order valence-electron chi connectivity index (χ1n) is 11.1. The summed E-state index contributed by atoms with van der Waals surface area (Å²) in [7, 11) is 3.35. The van der Waals surface area contributed by atoms with Crippen LogP contribution in [0, 0.1) is 6.92 Å². The number of nitrogens with one attached hydrogen (secondary N) is 1. The first-order chi connectivity index (χ1) is 15.8. The Hall–Kier alpha value is -3.61. The summed E-state index contributed by atoms with van der Waals surface area (Å²) in [6.07, 6.45) is 0.789. The van der Waals surface area contributed by atoms with E-state index in [4.69, 9.17) is 14.5 Å². The van der Waals surface area contributed by atoms with Crippen LogP contribution >= 0.6 is 0 Å². The zero-order valence-corrected chi connectivity index (χ0v) is 19.6. The molecule has 0 saturated heterocycles. The summed E-state index contributed by atoms with van der Waals surface area (Å²) in [5.74, 6) is 1.02. The van der Waals surface area contributed by atoms with E-state index in [1.54, 1.807) is 18.7 Å². The molecule has 1 aliphatic carbocycles. The summed E-state index contributed by atoms with van der Waals surface area (Å²) in [4.78, 5) is 30.1. The van der Waals surface area contributed by atoms with E-state index in [0.29, 0.717) is 30.0 Å². The van der Waals surface area contributed by atoms with E-state index in [2.05, 4.69) is 5.32 Å². The van der Waals surface area contributed by atoms with Crippen LogP contribution in [0.2, 0.25) is 0 Å². The molecule has 1 N–H and O–H groups in total. The second-order valence-electron chi connectivity index (χ2n) is 8.33. The lowest BCUT2D eigenvalue weighted by atomic mass is 10.1. The van der Waals surface area contributed by atoms with Gasteiger partial charge in [-0.2, -0.15) is 0 Å². The molecule has 4 rings (SSSR count). The molecule has 0 spiro atoms. The van der Waals surface area contributed by atoms with Crippen LogP contribution in [-0.2, 0) is 29.4 Å². The fraction of sp³-hybridized carbons (Fsp3) is 0.346. The Morgan fingerprint density at radius 2 is 2.00 bits per heavy atom. The van der Waals surface area contributed by atoms with Gasteiger partial charge >= 0.3 is 5.97 Å². The molecular weight excluding hydrogens is 418 g/mol. The molecule has 172 valence electrons. The van der Waals surface area contributed by atoms with Gasteiger partial charge in [-0.1, -0.05) is 31.2 Å². The van der Waals surface area contributed by atoms with Gasteiger partial charge < -0.3 is 14.8 Å². The topological polar surface area (TPSA) is 82.5 Å². The number of aryl methyl sites for hydroxylation is 2. The van der Waals surface area contributed by atoms with Crippen LogP contribution in [0.25, 0.3) is 11.4 Å². The predicted octanol–water partition coefficient (Wildman–Crippen LogP) is 3.97. The van der Waals surface area contributed by atoms with Gasteiger partial charge in [0.15, 0.2) is 0 Å². The van der Waals surface area contributed by atoms with Gasteiger partial charge in [0, 0.05) is 26.0 Å². The van der Waals surface area contributed by atoms with Gasteiger partial charge in [0.25, 0.3) is 5.56 Å². The lowest BCUT2D eigenvalue weighted by Crippen LogP contribution is -2.32. The van der Waals surface area contributed by atoms with E-state index in [-0.39, 0.29) is 17.6 Å². The number of benzene rings is 2. The van der Waals surface area contributed by atoms with Gasteiger partial charge in [0.2, 0.25) is 0 Å². The van der Waals surface area contributed by atoms with Gasteiger partial charge in [-0.05, 0) is 48.2 Å². The number of hydrogen-bond acceptors (Lipinski definition) is 6. The molecule has 0 aliphatic heterocycles. The molecule has 3 aromatic rings. The minimum atomic E-state index is -0.391. The predicted molar refractivity (Wildman–Crippen MR) is 128 cm³/mol. The molecule has 2 aromatic carbocycles. The zero-order valence-electron chi connectivity index (χ0n) is 19.6. The quantitative estimate of drug-likeness (QED) is 0.576. The van der Waals surface area contributed by atoms with Crippen LogP contribution in [0.3, 0.4) is 0 Å². The van der Waals surface area contributed by atoms with Crippen LogP contribution in [-0.4, -0.2) is 28.7 Å². The molecule has 1 heterocycles. The highest BCUT2D eigenvalue weighted by molar-refractivity contribution is 5.67. The molecule has 0 radical (unpaired) electrons. The number of nitrogens with zero attached hydrogens (tertiary/aromatic N) is 2. The number of hydrogen-bond donors (Lipinski definition) is 1. The van der Waals surface area contributed by atoms with Crippen LogP contribution < -0.4 is 15.6 Å². The standard InChI is InChI=1S/C26H29N3O4/c1-6-21-24(28-23-20-10-8-7-9-17(20)14-22(23)33-16(3)30)26(31)29(4)25(27-21)19-12-11-18(32-5)13-15(19)2/h7-13,22-23,28H,6,14H2,1-5H3. The van der Waals surface area contributed by atoms with Crippen LogP contribution in [0.15, 0.2) is 47.3 Å². The van der Waals surface area contributed by atoms with E-state index in [0.717, 1.165) is 28.0 Å². The van der Waals surface area contributed by atoms with Crippen molar-refractivity contribution in [3.63, 3.8) is 0 Å². The molecule has 0 saturated carbocycles. The third kappa shape index (κ3) is 4.23. The van der Waals surface area contributed by atoms with Gasteiger partial charge in [-0.3, -0.25) is 14.2 Å². The number of esters is 1. The largest absolute Gasteiger partial charge is 0.497 e. The Morgan fingerprint density at radius 1 is 1.24 bits per heavy atom. The van der Waals surface area contributed by atoms with E-state index in [1.165, 1.54) is 6.92 Å². The first-order valence-corrected chi connectivity index (χ1v) is 11.1. The molecule has 2 unspecified atom stereocenters. The highest BCUT2D eigenvalue weighted by atomic mass is 16.5. The van der Waals surface area contributed by atoms with Crippen molar-refractivity contribution in [3.05, 3.63) is 75.2 Å². The lowest BCUT2D eigenvalue weighted by molar-refractivity contribution is -0.146. The van der Waals surface area contributed by atoms with Gasteiger partial charge in [-0.25, -0.2) is 4.98 Å². The number of aromatic nitrogens is 2. The van der Waals surface area contributed by atoms with Gasteiger partial charge in [0.05, 0.1) is 18.8 Å². The fourth-order valence-electron chi connectivity index (χ4n) is 4.51. The summed E-state index contributed by atoms with van der Waals surface area (Å²) < 4.78 is 12.5. The van der Waals surface area contributed by atoms with E-state index >= 15 is 0 Å². The molecular formula is C26H29N3O4. The Balaban J connectivity index is 1.78. The van der Waals surface area contributed by atoms with Crippen LogP contribution in [0.4, 0.5) is 5.69 Å². The minimum Gasteiger partial charge on any atom is -0.497 e. The number of ether oxygens (including phenoxy) is 2.